The van der Waals surface area contributed by atoms with Crippen LogP contribution in [-0.2, 0) is 11.2 Å². The van der Waals surface area contributed by atoms with Crippen LogP contribution >= 0.6 is 11.6 Å². The predicted octanol–water partition coefficient (Wildman–Crippen LogP) is 2.55. The zero-order valence-electron chi connectivity index (χ0n) is 10.9. The van der Waals surface area contributed by atoms with Gasteiger partial charge in [-0.25, -0.2) is 0 Å². The fraction of sp³-hybridized carbons (Fsp3) is 0.533. The van der Waals surface area contributed by atoms with Gasteiger partial charge in [0.1, 0.15) is 0 Å². The molecule has 0 bridgehead atoms. The first kappa shape index (κ1) is 14.4. The maximum Gasteiger partial charge on any atom is 0.220 e. The van der Waals surface area contributed by atoms with Crippen LogP contribution in [0.2, 0.25) is 5.02 Å². The SMILES string of the molecule is O=C(CCc1cccc(Cl)c1)NC[C@@H]1CCC[C@H]1O. The van der Waals surface area contributed by atoms with Crippen molar-refractivity contribution in [2.24, 2.45) is 5.92 Å². The van der Waals surface area contributed by atoms with E-state index in [9.17, 15) is 9.90 Å². The molecule has 0 aliphatic heterocycles. The Bertz CT molecular complexity index is 436. The van der Waals surface area contributed by atoms with Crippen LogP contribution in [0.4, 0.5) is 0 Å². The number of hydrogen-bond donors (Lipinski definition) is 2. The number of nitrogens with one attached hydrogen (secondary N) is 1. The number of halogens is 1. The number of aliphatic hydroxyl groups is 1. The molecule has 1 aliphatic carbocycles. The number of aryl methyl sites for hydroxylation is 1. The van der Waals surface area contributed by atoms with Gasteiger partial charge in [-0.3, -0.25) is 4.79 Å². The molecule has 1 fully saturated rings. The van der Waals surface area contributed by atoms with Crippen LogP contribution in [0.3, 0.4) is 0 Å². The van der Waals surface area contributed by atoms with Crippen LogP contribution in [-0.4, -0.2) is 23.7 Å². The van der Waals surface area contributed by atoms with E-state index in [2.05, 4.69) is 5.32 Å². The number of carbonyl (C=O) groups is 1. The fourth-order valence-electron chi connectivity index (χ4n) is 2.54. The van der Waals surface area contributed by atoms with Crippen LogP contribution in [0.25, 0.3) is 0 Å². The summed E-state index contributed by atoms with van der Waals surface area (Å²) in [6.07, 6.45) is 3.85. The van der Waals surface area contributed by atoms with E-state index >= 15 is 0 Å². The summed E-state index contributed by atoms with van der Waals surface area (Å²) < 4.78 is 0. The number of rotatable bonds is 5. The van der Waals surface area contributed by atoms with Gasteiger partial charge < -0.3 is 10.4 Å². The molecule has 2 atom stereocenters. The lowest BCUT2D eigenvalue weighted by Crippen LogP contribution is -2.32. The maximum absolute atomic E-state index is 11.7. The molecule has 0 heterocycles. The summed E-state index contributed by atoms with van der Waals surface area (Å²) in [7, 11) is 0. The van der Waals surface area contributed by atoms with Crippen molar-refractivity contribution in [3.8, 4) is 0 Å². The monoisotopic (exact) mass is 281 g/mol. The minimum atomic E-state index is -0.242. The lowest BCUT2D eigenvalue weighted by molar-refractivity contribution is -0.121. The third-order valence-corrected chi connectivity index (χ3v) is 3.95. The van der Waals surface area contributed by atoms with Gasteiger partial charge in [0.25, 0.3) is 0 Å². The van der Waals surface area contributed by atoms with Gasteiger partial charge in [0.2, 0.25) is 5.91 Å². The predicted molar refractivity (Wildman–Crippen MR) is 76.1 cm³/mol. The Hall–Kier alpha value is -1.06. The number of hydrogen-bond acceptors (Lipinski definition) is 2. The fourth-order valence-corrected chi connectivity index (χ4v) is 2.75. The molecule has 2 N–H and O–H groups in total. The second-order valence-corrected chi connectivity index (χ2v) is 5.63. The average molecular weight is 282 g/mol. The van der Waals surface area contributed by atoms with Crippen LogP contribution in [0, 0.1) is 5.92 Å². The Kier molecular flexibility index (Phi) is 5.23. The van der Waals surface area contributed by atoms with E-state index in [1.807, 2.05) is 24.3 Å². The molecule has 1 amide bonds. The molecule has 2 rings (SSSR count). The molecular formula is C15H20ClNO2. The molecule has 0 saturated heterocycles. The Morgan fingerprint density at radius 3 is 2.95 bits per heavy atom. The van der Waals surface area contributed by atoms with Crippen LogP contribution in [0.15, 0.2) is 24.3 Å². The third kappa shape index (κ3) is 4.51. The molecular weight excluding hydrogens is 262 g/mol. The lowest BCUT2D eigenvalue weighted by Gasteiger charge is -2.15. The topological polar surface area (TPSA) is 49.3 Å². The normalized spacial score (nSPS) is 22.4. The van der Waals surface area contributed by atoms with Crippen molar-refractivity contribution in [2.45, 2.75) is 38.2 Å². The van der Waals surface area contributed by atoms with E-state index in [0.29, 0.717) is 24.4 Å². The molecule has 19 heavy (non-hydrogen) atoms. The molecule has 104 valence electrons. The van der Waals surface area contributed by atoms with Gasteiger partial charge in [-0.05, 0) is 37.0 Å². The van der Waals surface area contributed by atoms with E-state index in [1.165, 1.54) is 0 Å². The zero-order valence-corrected chi connectivity index (χ0v) is 11.7. The van der Waals surface area contributed by atoms with Gasteiger partial charge >= 0.3 is 0 Å². The van der Waals surface area contributed by atoms with Gasteiger partial charge in [0.05, 0.1) is 6.10 Å². The van der Waals surface area contributed by atoms with Gasteiger partial charge in [0, 0.05) is 23.9 Å². The van der Waals surface area contributed by atoms with Gasteiger partial charge in [-0.15, -0.1) is 0 Å². The number of benzene rings is 1. The van der Waals surface area contributed by atoms with Crippen molar-refractivity contribution < 1.29 is 9.90 Å². The number of aliphatic hydroxyl groups excluding tert-OH is 1. The highest BCUT2D eigenvalue weighted by molar-refractivity contribution is 6.30. The number of amides is 1. The van der Waals surface area contributed by atoms with Crippen LogP contribution in [0.1, 0.15) is 31.2 Å². The van der Waals surface area contributed by atoms with E-state index in [-0.39, 0.29) is 17.9 Å². The summed E-state index contributed by atoms with van der Waals surface area (Å²) in [5, 5.41) is 13.3. The van der Waals surface area contributed by atoms with Crippen molar-refractivity contribution >= 4 is 17.5 Å². The van der Waals surface area contributed by atoms with Gasteiger partial charge in [-0.1, -0.05) is 30.2 Å². The van der Waals surface area contributed by atoms with Crippen molar-refractivity contribution in [3.05, 3.63) is 34.9 Å². The minimum absolute atomic E-state index is 0.0408. The van der Waals surface area contributed by atoms with Crippen LogP contribution in [0.5, 0.6) is 0 Å². The Balaban J connectivity index is 1.70. The molecule has 0 spiro atoms. The first-order valence-electron chi connectivity index (χ1n) is 6.84. The summed E-state index contributed by atoms with van der Waals surface area (Å²) in [4.78, 5) is 11.7. The highest BCUT2D eigenvalue weighted by Crippen LogP contribution is 2.24. The quantitative estimate of drug-likeness (QED) is 0.871. The molecule has 1 saturated carbocycles. The largest absolute Gasteiger partial charge is 0.393 e. The molecule has 1 aliphatic rings. The molecule has 1 aromatic carbocycles. The summed E-state index contributed by atoms with van der Waals surface area (Å²) >= 11 is 5.90. The first-order valence-corrected chi connectivity index (χ1v) is 7.22. The highest BCUT2D eigenvalue weighted by Gasteiger charge is 2.25. The third-order valence-electron chi connectivity index (χ3n) is 3.71. The van der Waals surface area contributed by atoms with Crippen molar-refractivity contribution in [2.75, 3.05) is 6.54 Å². The minimum Gasteiger partial charge on any atom is -0.393 e. The second-order valence-electron chi connectivity index (χ2n) is 5.19. The standard InChI is InChI=1S/C15H20ClNO2/c16-13-5-1-3-11(9-13)7-8-15(19)17-10-12-4-2-6-14(12)18/h1,3,5,9,12,14,18H,2,4,6-8,10H2,(H,17,19)/t12-,14+/m0/s1. The van der Waals surface area contributed by atoms with Crippen molar-refractivity contribution in [1.82, 2.24) is 5.32 Å². The van der Waals surface area contributed by atoms with Gasteiger partial charge in [-0.2, -0.15) is 0 Å². The average Bonchev–Trinajstić information content (AvgIpc) is 2.80. The summed E-state index contributed by atoms with van der Waals surface area (Å²) in [5.74, 6) is 0.272. The maximum atomic E-state index is 11.7. The molecule has 3 nitrogen and oxygen atoms in total. The Labute approximate surface area is 119 Å². The van der Waals surface area contributed by atoms with E-state index < -0.39 is 0 Å². The van der Waals surface area contributed by atoms with Crippen LogP contribution < -0.4 is 5.32 Å². The molecule has 0 radical (unpaired) electrons. The Morgan fingerprint density at radius 2 is 2.26 bits per heavy atom. The van der Waals surface area contributed by atoms with Crippen molar-refractivity contribution in [1.29, 1.82) is 0 Å². The van der Waals surface area contributed by atoms with Gasteiger partial charge in [0.15, 0.2) is 0 Å². The summed E-state index contributed by atoms with van der Waals surface area (Å²) in [6.45, 7) is 0.593. The summed E-state index contributed by atoms with van der Waals surface area (Å²) in [5.41, 5.74) is 1.07. The molecule has 4 heteroatoms. The number of carbonyl (C=O) groups excluding carboxylic acids is 1. The van der Waals surface area contributed by atoms with E-state index in [4.69, 9.17) is 11.6 Å². The zero-order chi connectivity index (χ0) is 13.7. The van der Waals surface area contributed by atoms with Crippen molar-refractivity contribution in [3.63, 3.8) is 0 Å². The van der Waals surface area contributed by atoms with E-state index in [1.54, 1.807) is 0 Å². The highest BCUT2D eigenvalue weighted by atomic mass is 35.5. The smallest absolute Gasteiger partial charge is 0.220 e. The lowest BCUT2D eigenvalue weighted by atomic mass is 10.1. The molecule has 1 aromatic rings. The Morgan fingerprint density at radius 1 is 1.42 bits per heavy atom. The second kappa shape index (κ2) is 6.92. The van der Waals surface area contributed by atoms with E-state index in [0.717, 1.165) is 24.8 Å². The molecule has 0 aromatic heterocycles. The summed E-state index contributed by atoms with van der Waals surface area (Å²) in [6, 6.07) is 7.58. The first-order chi connectivity index (χ1) is 9.15. The molecule has 0 unspecified atom stereocenters.